The first-order valence-electron chi connectivity index (χ1n) is 4.50. The Bertz CT molecular complexity index is 350. The second-order valence-corrected chi connectivity index (χ2v) is 3.87. The molecular formula is C10H11ClN2O. The van der Waals surface area contributed by atoms with Crippen LogP contribution < -0.4 is 5.32 Å². The maximum Gasteiger partial charge on any atom is 0.322 e. The van der Waals surface area contributed by atoms with E-state index in [1.807, 2.05) is 6.92 Å². The minimum Gasteiger partial charge on any atom is -0.318 e. The average Bonchev–Trinajstić information content (AvgIpc) is 2.87. The fourth-order valence-corrected chi connectivity index (χ4v) is 1.38. The molecule has 74 valence electrons. The second kappa shape index (κ2) is 3.50. The molecule has 0 bridgehead atoms. The van der Waals surface area contributed by atoms with Crippen molar-refractivity contribution in [3.63, 3.8) is 0 Å². The number of benzene rings is 1. The number of halogens is 1. The zero-order valence-electron chi connectivity index (χ0n) is 7.83. The van der Waals surface area contributed by atoms with Crippen molar-refractivity contribution in [1.82, 2.24) is 4.90 Å². The molecule has 1 saturated heterocycles. The van der Waals surface area contributed by atoms with Crippen molar-refractivity contribution >= 4 is 23.3 Å². The van der Waals surface area contributed by atoms with E-state index in [0.29, 0.717) is 11.1 Å². The topological polar surface area (TPSA) is 32.1 Å². The van der Waals surface area contributed by atoms with Crippen molar-refractivity contribution in [3.05, 3.63) is 29.3 Å². The Morgan fingerprint density at radius 2 is 2.07 bits per heavy atom. The predicted molar refractivity (Wildman–Crippen MR) is 56.6 cm³/mol. The Balaban J connectivity index is 1.97. The van der Waals surface area contributed by atoms with Gasteiger partial charge in [0.25, 0.3) is 0 Å². The number of nitrogens with one attached hydrogen (secondary N) is 1. The summed E-state index contributed by atoms with van der Waals surface area (Å²) in [6.07, 6.45) is 0. The first-order chi connectivity index (χ1) is 6.66. The monoisotopic (exact) mass is 210 g/mol. The number of carbonyl (C=O) groups excluding carboxylic acids is 1. The van der Waals surface area contributed by atoms with Gasteiger partial charge in [-0.15, -0.1) is 0 Å². The van der Waals surface area contributed by atoms with Crippen LogP contribution in [0.15, 0.2) is 24.3 Å². The molecule has 3 nitrogen and oxygen atoms in total. The number of urea groups is 1. The summed E-state index contributed by atoms with van der Waals surface area (Å²) < 4.78 is 0. The zero-order valence-corrected chi connectivity index (χ0v) is 8.58. The molecule has 2 amide bonds. The van der Waals surface area contributed by atoms with E-state index >= 15 is 0 Å². The summed E-state index contributed by atoms with van der Waals surface area (Å²) in [5.41, 5.74) is 0.776. The van der Waals surface area contributed by atoms with Crippen LogP contribution in [0.3, 0.4) is 0 Å². The average molecular weight is 211 g/mol. The van der Waals surface area contributed by atoms with E-state index in [-0.39, 0.29) is 6.03 Å². The van der Waals surface area contributed by atoms with Crippen LogP contribution in [-0.2, 0) is 0 Å². The van der Waals surface area contributed by atoms with Gasteiger partial charge in [-0.25, -0.2) is 4.79 Å². The third-order valence-electron chi connectivity index (χ3n) is 2.22. The molecule has 0 aromatic heterocycles. The number of carbonyl (C=O) groups is 1. The standard InChI is InChI=1S/C10H11ClN2O/c1-7-6-13(7)10(14)12-9-4-2-8(11)3-5-9/h2-5,7H,6H2,1H3,(H,12,14). The third-order valence-corrected chi connectivity index (χ3v) is 2.47. The van der Waals surface area contributed by atoms with E-state index in [4.69, 9.17) is 11.6 Å². The van der Waals surface area contributed by atoms with Gasteiger partial charge in [0.2, 0.25) is 0 Å². The van der Waals surface area contributed by atoms with Gasteiger partial charge in [0.05, 0.1) is 0 Å². The Morgan fingerprint density at radius 1 is 1.50 bits per heavy atom. The molecule has 14 heavy (non-hydrogen) atoms. The van der Waals surface area contributed by atoms with Gasteiger partial charge in [-0.2, -0.15) is 0 Å². The van der Waals surface area contributed by atoms with Gasteiger partial charge in [-0.3, -0.25) is 0 Å². The molecule has 1 unspecified atom stereocenters. The van der Waals surface area contributed by atoms with Crippen LogP contribution in [0.25, 0.3) is 0 Å². The van der Waals surface area contributed by atoms with Gasteiger partial charge >= 0.3 is 6.03 Å². The van der Waals surface area contributed by atoms with E-state index in [0.717, 1.165) is 12.2 Å². The molecule has 0 radical (unpaired) electrons. The third kappa shape index (κ3) is 1.99. The number of anilines is 1. The molecule has 0 spiro atoms. The van der Waals surface area contributed by atoms with E-state index in [1.54, 1.807) is 29.2 Å². The minimum atomic E-state index is -0.0418. The van der Waals surface area contributed by atoms with Crippen molar-refractivity contribution < 1.29 is 4.79 Å². The van der Waals surface area contributed by atoms with Gasteiger partial charge in [0.15, 0.2) is 0 Å². The first-order valence-corrected chi connectivity index (χ1v) is 4.88. The van der Waals surface area contributed by atoms with Crippen molar-refractivity contribution in [2.45, 2.75) is 13.0 Å². The van der Waals surface area contributed by atoms with Gasteiger partial charge in [0, 0.05) is 23.3 Å². The Hall–Kier alpha value is -1.22. The highest BCUT2D eigenvalue weighted by Crippen LogP contribution is 2.19. The highest BCUT2D eigenvalue weighted by Gasteiger charge is 2.33. The maximum absolute atomic E-state index is 11.5. The largest absolute Gasteiger partial charge is 0.322 e. The van der Waals surface area contributed by atoms with Gasteiger partial charge < -0.3 is 10.2 Å². The molecule has 0 aliphatic carbocycles. The molecule has 1 fully saturated rings. The lowest BCUT2D eigenvalue weighted by atomic mass is 10.3. The Kier molecular flexibility index (Phi) is 2.33. The lowest BCUT2D eigenvalue weighted by Gasteiger charge is -2.05. The van der Waals surface area contributed by atoms with Gasteiger partial charge in [-0.05, 0) is 31.2 Å². The van der Waals surface area contributed by atoms with Crippen molar-refractivity contribution in [1.29, 1.82) is 0 Å². The number of hydrogen-bond acceptors (Lipinski definition) is 1. The van der Waals surface area contributed by atoms with Crippen LogP contribution in [0.5, 0.6) is 0 Å². The molecule has 1 aromatic rings. The van der Waals surface area contributed by atoms with Crippen molar-refractivity contribution in [3.8, 4) is 0 Å². The summed E-state index contributed by atoms with van der Waals surface area (Å²) >= 11 is 5.72. The summed E-state index contributed by atoms with van der Waals surface area (Å²) in [6.45, 7) is 2.86. The van der Waals surface area contributed by atoms with Gasteiger partial charge in [-0.1, -0.05) is 11.6 Å². The highest BCUT2D eigenvalue weighted by atomic mass is 35.5. The van der Waals surface area contributed by atoms with E-state index < -0.39 is 0 Å². The number of amides is 2. The van der Waals surface area contributed by atoms with Crippen LogP contribution >= 0.6 is 11.6 Å². The maximum atomic E-state index is 11.5. The van der Waals surface area contributed by atoms with Crippen molar-refractivity contribution in [2.24, 2.45) is 0 Å². The molecule has 0 saturated carbocycles. The highest BCUT2D eigenvalue weighted by molar-refractivity contribution is 6.30. The summed E-state index contributed by atoms with van der Waals surface area (Å²) in [4.78, 5) is 13.2. The smallest absolute Gasteiger partial charge is 0.318 e. The zero-order chi connectivity index (χ0) is 10.1. The van der Waals surface area contributed by atoms with Crippen LogP contribution in [-0.4, -0.2) is 23.5 Å². The SMILES string of the molecule is CC1CN1C(=O)Nc1ccc(Cl)cc1. The lowest BCUT2D eigenvalue weighted by molar-refractivity contribution is 0.240. The molecule has 1 aliphatic heterocycles. The molecule has 4 heteroatoms. The summed E-state index contributed by atoms with van der Waals surface area (Å²) in [6, 6.07) is 7.41. The van der Waals surface area contributed by atoms with Crippen LogP contribution in [0.2, 0.25) is 5.02 Å². The number of rotatable bonds is 1. The van der Waals surface area contributed by atoms with E-state index in [2.05, 4.69) is 5.32 Å². The molecule has 2 rings (SSSR count). The van der Waals surface area contributed by atoms with E-state index in [9.17, 15) is 4.79 Å². The summed E-state index contributed by atoms with van der Waals surface area (Å²) in [7, 11) is 0. The normalized spacial score (nSPS) is 19.3. The first kappa shape index (κ1) is 9.34. The molecule has 1 atom stereocenters. The predicted octanol–water partition coefficient (Wildman–Crippen LogP) is 2.58. The van der Waals surface area contributed by atoms with Crippen LogP contribution in [0, 0.1) is 0 Å². The summed E-state index contributed by atoms with van der Waals surface area (Å²) in [5.74, 6) is 0. The lowest BCUT2D eigenvalue weighted by Crippen LogP contribution is -2.19. The molecular weight excluding hydrogens is 200 g/mol. The number of hydrogen-bond donors (Lipinski definition) is 1. The van der Waals surface area contributed by atoms with Crippen LogP contribution in [0.4, 0.5) is 10.5 Å². The van der Waals surface area contributed by atoms with Gasteiger partial charge in [0.1, 0.15) is 0 Å². The Morgan fingerprint density at radius 3 is 2.57 bits per heavy atom. The minimum absolute atomic E-state index is 0.0418. The molecule has 1 N–H and O–H groups in total. The summed E-state index contributed by atoms with van der Waals surface area (Å²) in [5, 5.41) is 3.46. The number of nitrogens with zero attached hydrogens (tertiary/aromatic N) is 1. The van der Waals surface area contributed by atoms with Crippen LogP contribution in [0.1, 0.15) is 6.92 Å². The van der Waals surface area contributed by atoms with E-state index in [1.165, 1.54) is 0 Å². The fourth-order valence-electron chi connectivity index (χ4n) is 1.25. The molecule has 1 heterocycles. The molecule has 1 aromatic carbocycles. The molecule has 1 aliphatic rings. The Labute approximate surface area is 87.7 Å². The quantitative estimate of drug-likeness (QED) is 0.710. The van der Waals surface area contributed by atoms with Crippen molar-refractivity contribution in [2.75, 3.05) is 11.9 Å². The second-order valence-electron chi connectivity index (χ2n) is 3.44. The fraction of sp³-hybridized carbons (Fsp3) is 0.300.